The lowest BCUT2D eigenvalue weighted by Gasteiger charge is -2.28. The maximum atomic E-state index is 12.1. The SMILES string of the molecule is C[C@H](C(=O)Nc1ccc(C#N)cc1)[NH+]1CCOCC1. The summed E-state index contributed by atoms with van der Waals surface area (Å²) in [5, 5.41) is 11.6. The molecule has 0 saturated carbocycles. The molecule has 100 valence electrons. The number of amides is 1. The minimum absolute atomic E-state index is 0.00149. The maximum absolute atomic E-state index is 12.1. The van der Waals surface area contributed by atoms with E-state index in [9.17, 15) is 4.79 Å². The smallest absolute Gasteiger partial charge is 0.282 e. The van der Waals surface area contributed by atoms with E-state index in [0.29, 0.717) is 18.8 Å². The van der Waals surface area contributed by atoms with Gasteiger partial charge in [0.25, 0.3) is 5.91 Å². The molecule has 19 heavy (non-hydrogen) atoms. The van der Waals surface area contributed by atoms with Gasteiger partial charge in [-0.05, 0) is 31.2 Å². The predicted molar refractivity (Wildman–Crippen MR) is 70.8 cm³/mol. The van der Waals surface area contributed by atoms with Crippen LogP contribution in [-0.2, 0) is 9.53 Å². The summed E-state index contributed by atoms with van der Waals surface area (Å²) in [6.07, 6.45) is 0. The number of nitrogens with one attached hydrogen (secondary N) is 2. The molecule has 0 aliphatic carbocycles. The van der Waals surface area contributed by atoms with E-state index in [1.807, 2.05) is 6.92 Å². The molecule has 1 aromatic carbocycles. The van der Waals surface area contributed by atoms with Crippen LogP contribution >= 0.6 is 0 Å². The van der Waals surface area contributed by atoms with Gasteiger partial charge in [0.2, 0.25) is 0 Å². The van der Waals surface area contributed by atoms with Crippen LogP contribution in [0.25, 0.3) is 0 Å². The van der Waals surface area contributed by atoms with Crippen molar-refractivity contribution in [2.24, 2.45) is 0 Å². The topological polar surface area (TPSA) is 66.6 Å². The molecule has 1 heterocycles. The number of carbonyl (C=O) groups is 1. The summed E-state index contributed by atoms with van der Waals surface area (Å²) in [4.78, 5) is 13.4. The summed E-state index contributed by atoms with van der Waals surface area (Å²) in [5.41, 5.74) is 1.31. The first-order valence-electron chi connectivity index (χ1n) is 6.44. The van der Waals surface area contributed by atoms with E-state index < -0.39 is 0 Å². The Labute approximate surface area is 112 Å². The van der Waals surface area contributed by atoms with Crippen molar-refractivity contribution in [2.75, 3.05) is 31.6 Å². The van der Waals surface area contributed by atoms with Crippen LogP contribution in [0.2, 0.25) is 0 Å². The van der Waals surface area contributed by atoms with Gasteiger partial charge >= 0.3 is 0 Å². The molecule has 1 aromatic rings. The number of rotatable bonds is 3. The van der Waals surface area contributed by atoms with E-state index in [-0.39, 0.29) is 11.9 Å². The van der Waals surface area contributed by atoms with Gasteiger partial charge in [-0.15, -0.1) is 0 Å². The van der Waals surface area contributed by atoms with E-state index >= 15 is 0 Å². The average molecular weight is 260 g/mol. The Hall–Kier alpha value is -1.90. The highest BCUT2D eigenvalue weighted by Gasteiger charge is 2.26. The van der Waals surface area contributed by atoms with Gasteiger partial charge in [0.15, 0.2) is 6.04 Å². The number of hydrogen-bond donors (Lipinski definition) is 2. The molecule has 0 spiro atoms. The fraction of sp³-hybridized carbons (Fsp3) is 0.429. The zero-order valence-corrected chi connectivity index (χ0v) is 11.0. The lowest BCUT2D eigenvalue weighted by Crippen LogP contribution is -3.18. The Morgan fingerprint density at radius 1 is 1.37 bits per heavy atom. The van der Waals surface area contributed by atoms with Crippen molar-refractivity contribution in [1.29, 1.82) is 5.26 Å². The molecule has 1 saturated heterocycles. The van der Waals surface area contributed by atoms with Gasteiger partial charge in [0.1, 0.15) is 13.1 Å². The molecular weight excluding hydrogens is 242 g/mol. The van der Waals surface area contributed by atoms with Gasteiger partial charge in [0, 0.05) is 5.69 Å². The van der Waals surface area contributed by atoms with Crippen molar-refractivity contribution in [1.82, 2.24) is 0 Å². The van der Waals surface area contributed by atoms with E-state index in [4.69, 9.17) is 10.00 Å². The van der Waals surface area contributed by atoms with Crippen molar-refractivity contribution in [2.45, 2.75) is 13.0 Å². The Bertz CT molecular complexity index is 472. The highest BCUT2D eigenvalue weighted by atomic mass is 16.5. The number of hydrogen-bond acceptors (Lipinski definition) is 3. The normalized spacial score (nSPS) is 17.5. The van der Waals surface area contributed by atoms with Crippen LogP contribution in [0.5, 0.6) is 0 Å². The van der Waals surface area contributed by atoms with E-state index in [2.05, 4.69) is 11.4 Å². The second kappa shape index (κ2) is 6.32. The second-order valence-electron chi connectivity index (χ2n) is 4.67. The maximum Gasteiger partial charge on any atom is 0.282 e. The Kier molecular flexibility index (Phi) is 4.50. The van der Waals surface area contributed by atoms with Crippen molar-refractivity contribution < 1.29 is 14.4 Å². The predicted octanol–water partition coefficient (Wildman–Crippen LogP) is -0.200. The molecule has 1 aliphatic heterocycles. The number of benzene rings is 1. The summed E-state index contributed by atoms with van der Waals surface area (Å²) in [7, 11) is 0. The third-order valence-corrected chi connectivity index (χ3v) is 3.42. The largest absolute Gasteiger partial charge is 0.370 e. The average Bonchev–Trinajstić information content (AvgIpc) is 2.48. The molecule has 2 N–H and O–H groups in total. The molecule has 5 nitrogen and oxygen atoms in total. The quantitative estimate of drug-likeness (QED) is 0.791. The molecule has 5 heteroatoms. The molecule has 0 radical (unpaired) electrons. The number of carbonyl (C=O) groups excluding carboxylic acids is 1. The van der Waals surface area contributed by atoms with Crippen molar-refractivity contribution in [3.05, 3.63) is 29.8 Å². The fourth-order valence-corrected chi connectivity index (χ4v) is 2.13. The zero-order valence-electron chi connectivity index (χ0n) is 11.0. The zero-order chi connectivity index (χ0) is 13.7. The first-order valence-corrected chi connectivity index (χ1v) is 6.44. The first kappa shape index (κ1) is 13.5. The van der Waals surface area contributed by atoms with Crippen LogP contribution in [0.15, 0.2) is 24.3 Å². The van der Waals surface area contributed by atoms with Crippen LogP contribution in [-0.4, -0.2) is 38.3 Å². The summed E-state index contributed by atoms with van der Waals surface area (Å²) in [6.45, 7) is 5.08. The number of anilines is 1. The molecule has 0 bridgehead atoms. The van der Waals surface area contributed by atoms with Gasteiger partial charge in [-0.1, -0.05) is 0 Å². The van der Waals surface area contributed by atoms with Crippen molar-refractivity contribution >= 4 is 11.6 Å². The minimum Gasteiger partial charge on any atom is -0.370 e. The molecule has 0 unspecified atom stereocenters. The van der Waals surface area contributed by atoms with E-state index in [0.717, 1.165) is 18.8 Å². The summed E-state index contributed by atoms with van der Waals surface area (Å²) in [6, 6.07) is 8.84. The number of ether oxygens (including phenoxy) is 1. The number of nitrogens with zero attached hydrogens (tertiary/aromatic N) is 1. The first-order chi connectivity index (χ1) is 9.20. The summed E-state index contributed by atoms with van der Waals surface area (Å²) >= 11 is 0. The molecule has 1 amide bonds. The van der Waals surface area contributed by atoms with Crippen LogP contribution in [0, 0.1) is 11.3 Å². The van der Waals surface area contributed by atoms with E-state index in [1.165, 1.54) is 4.90 Å². The van der Waals surface area contributed by atoms with E-state index in [1.54, 1.807) is 24.3 Å². The lowest BCUT2D eigenvalue weighted by molar-refractivity contribution is -0.921. The van der Waals surface area contributed by atoms with Gasteiger partial charge in [0.05, 0.1) is 24.8 Å². The number of nitriles is 1. The lowest BCUT2D eigenvalue weighted by atomic mass is 10.2. The Morgan fingerprint density at radius 3 is 2.58 bits per heavy atom. The van der Waals surface area contributed by atoms with Gasteiger partial charge < -0.3 is 15.0 Å². The van der Waals surface area contributed by atoms with Crippen LogP contribution in [0.3, 0.4) is 0 Å². The second-order valence-corrected chi connectivity index (χ2v) is 4.67. The molecule has 1 fully saturated rings. The number of quaternary nitrogens is 1. The van der Waals surface area contributed by atoms with Crippen molar-refractivity contribution in [3.8, 4) is 6.07 Å². The monoisotopic (exact) mass is 260 g/mol. The molecular formula is C14H18N3O2+. The standard InChI is InChI=1S/C14H17N3O2/c1-11(17-6-8-19-9-7-17)14(18)16-13-4-2-12(10-15)3-5-13/h2-5,11H,6-9H2,1H3,(H,16,18)/p+1/t11-/m1/s1. The van der Waals surface area contributed by atoms with Crippen molar-refractivity contribution in [3.63, 3.8) is 0 Å². The molecule has 1 atom stereocenters. The Morgan fingerprint density at radius 2 is 2.00 bits per heavy atom. The van der Waals surface area contributed by atoms with Crippen LogP contribution < -0.4 is 10.2 Å². The fourth-order valence-electron chi connectivity index (χ4n) is 2.13. The number of morpholine rings is 1. The minimum atomic E-state index is -0.0976. The molecule has 2 rings (SSSR count). The molecule has 1 aliphatic rings. The van der Waals surface area contributed by atoms with Gasteiger partial charge in [-0.3, -0.25) is 4.79 Å². The highest BCUT2D eigenvalue weighted by Crippen LogP contribution is 2.08. The summed E-state index contributed by atoms with van der Waals surface area (Å²) < 4.78 is 5.29. The Balaban J connectivity index is 1.93. The van der Waals surface area contributed by atoms with Crippen LogP contribution in [0.1, 0.15) is 12.5 Å². The third kappa shape index (κ3) is 3.53. The van der Waals surface area contributed by atoms with Crippen LogP contribution in [0.4, 0.5) is 5.69 Å². The third-order valence-electron chi connectivity index (χ3n) is 3.42. The van der Waals surface area contributed by atoms with Gasteiger partial charge in [-0.2, -0.15) is 5.26 Å². The highest BCUT2D eigenvalue weighted by molar-refractivity contribution is 5.93. The van der Waals surface area contributed by atoms with Gasteiger partial charge in [-0.25, -0.2) is 0 Å². The molecule has 0 aromatic heterocycles. The summed E-state index contributed by atoms with van der Waals surface area (Å²) in [5.74, 6) is 0.00149.